The molecule has 6 atom stereocenters. The van der Waals surface area contributed by atoms with Crippen LogP contribution in [0.5, 0.6) is 0 Å². The fraction of sp³-hybridized carbons (Fsp3) is 0.667. The van der Waals surface area contributed by atoms with Gasteiger partial charge in [-0.2, -0.15) is 0 Å². The molecule has 0 bridgehead atoms. The van der Waals surface area contributed by atoms with Gasteiger partial charge in [-0.05, 0) is 50.7 Å². The quantitative estimate of drug-likeness (QED) is 0.813. The van der Waals surface area contributed by atoms with Crippen LogP contribution in [-0.4, -0.2) is 29.8 Å². The standard InChI is InChI=1S/C21H28N2O4/c1-12-6-5-9-18(22-12)23-21(25)26-11-17-15-8-4-3-7-14(15)10-16-19(17)13(2)27-20(16)24/h5-6,9,13-17,19H,3-4,7-8,10-11H2,1-2H3,(H,22,23,25)/t13-,14+,15-,16-,17+,19-/m0/s1. The summed E-state index contributed by atoms with van der Waals surface area (Å²) < 4.78 is 11.2. The van der Waals surface area contributed by atoms with E-state index in [1.807, 2.05) is 26.0 Å². The van der Waals surface area contributed by atoms with E-state index in [1.54, 1.807) is 6.07 Å². The molecule has 1 saturated heterocycles. The molecule has 1 aliphatic heterocycles. The molecule has 1 aromatic heterocycles. The molecule has 1 amide bonds. The molecule has 3 aliphatic rings. The van der Waals surface area contributed by atoms with Crippen LogP contribution in [0, 0.1) is 36.5 Å². The Kier molecular flexibility index (Phi) is 5.06. The minimum Gasteiger partial charge on any atom is -0.462 e. The number of ether oxygens (including phenoxy) is 2. The number of pyridine rings is 1. The molecule has 0 unspecified atom stereocenters. The van der Waals surface area contributed by atoms with Crippen LogP contribution in [0.25, 0.3) is 0 Å². The van der Waals surface area contributed by atoms with Crippen molar-refractivity contribution < 1.29 is 19.1 Å². The molecule has 2 heterocycles. The van der Waals surface area contributed by atoms with Crippen LogP contribution in [0.4, 0.5) is 10.6 Å². The minimum absolute atomic E-state index is 0.0329. The van der Waals surface area contributed by atoms with E-state index >= 15 is 0 Å². The van der Waals surface area contributed by atoms with Crippen molar-refractivity contribution in [3.63, 3.8) is 0 Å². The van der Waals surface area contributed by atoms with Crippen LogP contribution >= 0.6 is 0 Å². The summed E-state index contributed by atoms with van der Waals surface area (Å²) in [6.07, 6.45) is 5.14. The average molecular weight is 372 g/mol. The van der Waals surface area contributed by atoms with E-state index in [2.05, 4.69) is 10.3 Å². The van der Waals surface area contributed by atoms with E-state index < -0.39 is 6.09 Å². The van der Waals surface area contributed by atoms with Crippen LogP contribution in [-0.2, 0) is 14.3 Å². The summed E-state index contributed by atoms with van der Waals surface area (Å²) >= 11 is 0. The van der Waals surface area contributed by atoms with Crippen molar-refractivity contribution in [2.75, 3.05) is 11.9 Å². The number of fused-ring (bicyclic) bond motifs is 2. The fourth-order valence-electron chi connectivity index (χ4n) is 5.60. The van der Waals surface area contributed by atoms with Gasteiger partial charge in [-0.3, -0.25) is 10.1 Å². The highest BCUT2D eigenvalue weighted by Gasteiger charge is 2.54. The van der Waals surface area contributed by atoms with E-state index in [1.165, 1.54) is 19.3 Å². The molecular weight excluding hydrogens is 344 g/mol. The zero-order valence-corrected chi connectivity index (χ0v) is 16.0. The maximum atomic E-state index is 12.3. The van der Waals surface area contributed by atoms with E-state index in [0.717, 1.165) is 18.5 Å². The number of anilines is 1. The number of carbonyl (C=O) groups excluding carboxylic acids is 2. The van der Waals surface area contributed by atoms with Gasteiger partial charge in [0.25, 0.3) is 0 Å². The Morgan fingerprint density at radius 1 is 1.33 bits per heavy atom. The highest BCUT2D eigenvalue weighted by molar-refractivity contribution is 5.83. The summed E-state index contributed by atoms with van der Waals surface area (Å²) in [6, 6.07) is 5.47. The highest BCUT2D eigenvalue weighted by atomic mass is 16.6. The largest absolute Gasteiger partial charge is 0.462 e. The van der Waals surface area contributed by atoms with Gasteiger partial charge in [0.05, 0.1) is 12.5 Å². The topological polar surface area (TPSA) is 77.5 Å². The second-order valence-electron chi connectivity index (χ2n) is 8.32. The first-order valence-corrected chi connectivity index (χ1v) is 10.1. The Labute approximate surface area is 160 Å². The van der Waals surface area contributed by atoms with Crippen molar-refractivity contribution in [1.29, 1.82) is 0 Å². The number of nitrogens with one attached hydrogen (secondary N) is 1. The first kappa shape index (κ1) is 18.3. The van der Waals surface area contributed by atoms with Crippen molar-refractivity contribution in [3.8, 4) is 0 Å². The van der Waals surface area contributed by atoms with Gasteiger partial charge in [0.15, 0.2) is 0 Å². The predicted molar refractivity (Wildman–Crippen MR) is 100 cm³/mol. The van der Waals surface area contributed by atoms with Crippen LogP contribution in [0.2, 0.25) is 0 Å². The van der Waals surface area contributed by atoms with Crippen LogP contribution < -0.4 is 5.32 Å². The Morgan fingerprint density at radius 2 is 2.15 bits per heavy atom. The van der Waals surface area contributed by atoms with E-state index in [0.29, 0.717) is 24.3 Å². The number of aryl methyl sites for hydroxylation is 1. The number of esters is 1. The zero-order valence-electron chi connectivity index (χ0n) is 16.0. The Hall–Kier alpha value is -2.11. The SMILES string of the molecule is Cc1cccc(NC(=O)OC[C@@H]2[C@H]3CCCC[C@@H]3C[C@@H]3C(=O)O[C@@H](C)[C@H]23)n1. The lowest BCUT2D eigenvalue weighted by molar-refractivity contribution is -0.144. The van der Waals surface area contributed by atoms with Crippen molar-refractivity contribution in [2.24, 2.45) is 29.6 Å². The maximum Gasteiger partial charge on any atom is 0.412 e. The maximum absolute atomic E-state index is 12.3. The van der Waals surface area contributed by atoms with Gasteiger partial charge in [0, 0.05) is 17.5 Å². The lowest BCUT2D eigenvalue weighted by Crippen LogP contribution is -2.45. The summed E-state index contributed by atoms with van der Waals surface area (Å²) in [5.41, 5.74) is 0.836. The normalized spacial score (nSPS) is 35.0. The number of cyclic esters (lactones) is 1. The van der Waals surface area contributed by atoms with Gasteiger partial charge < -0.3 is 9.47 Å². The lowest BCUT2D eigenvalue weighted by atomic mass is 9.58. The van der Waals surface area contributed by atoms with E-state index in [9.17, 15) is 9.59 Å². The Bertz CT molecular complexity index is 722. The molecule has 1 N–H and O–H groups in total. The molecule has 146 valence electrons. The number of amides is 1. The van der Waals surface area contributed by atoms with Crippen LogP contribution in [0.3, 0.4) is 0 Å². The molecule has 0 radical (unpaired) electrons. The third-order valence-electron chi connectivity index (χ3n) is 6.71. The van der Waals surface area contributed by atoms with Gasteiger partial charge in [-0.1, -0.05) is 25.3 Å². The van der Waals surface area contributed by atoms with Crippen molar-refractivity contribution >= 4 is 17.9 Å². The van der Waals surface area contributed by atoms with Gasteiger partial charge >= 0.3 is 12.1 Å². The van der Waals surface area contributed by atoms with Crippen molar-refractivity contribution in [1.82, 2.24) is 4.98 Å². The summed E-state index contributed by atoms with van der Waals surface area (Å²) in [5.74, 6) is 1.80. The summed E-state index contributed by atoms with van der Waals surface area (Å²) in [5, 5.41) is 2.70. The minimum atomic E-state index is -0.486. The molecular formula is C21H28N2O4. The van der Waals surface area contributed by atoms with Gasteiger partial charge in [0.1, 0.15) is 11.9 Å². The summed E-state index contributed by atoms with van der Waals surface area (Å²) in [7, 11) is 0. The number of hydrogen-bond acceptors (Lipinski definition) is 5. The van der Waals surface area contributed by atoms with Gasteiger partial charge in [-0.15, -0.1) is 0 Å². The number of carbonyl (C=O) groups is 2. The predicted octanol–water partition coefficient (Wildman–Crippen LogP) is 3.94. The zero-order chi connectivity index (χ0) is 19.0. The number of hydrogen-bond donors (Lipinski definition) is 1. The third-order valence-corrected chi connectivity index (χ3v) is 6.71. The van der Waals surface area contributed by atoms with Gasteiger partial charge in [-0.25, -0.2) is 9.78 Å². The number of nitrogens with zero attached hydrogens (tertiary/aromatic N) is 1. The number of rotatable bonds is 3. The Morgan fingerprint density at radius 3 is 2.96 bits per heavy atom. The molecule has 0 aromatic carbocycles. The number of aromatic nitrogens is 1. The third kappa shape index (κ3) is 3.66. The highest BCUT2D eigenvalue weighted by Crippen LogP contribution is 2.53. The average Bonchev–Trinajstić information content (AvgIpc) is 2.92. The first-order chi connectivity index (χ1) is 13.0. The molecule has 2 aliphatic carbocycles. The Balaban J connectivity index is 1.44. The fourth-order valence-corrected chi connectivity index (χ4v) is 5.60. The van der Waals surface area contributed by atoms with Crippen molar-refractivity contribution in [2.45, 2.75) is 52.1 Å². The molecule has 6 heteroatoms. The first-order valence-electron chi connectivity index (χ1n) is 10.1. The van der Waals surface area contributed by atoms with E-state index in [-0.39, 0.29) is 29.8 Å². The lowest BCUT2D eigenvalue weighted by Gasteiger charge is -2.46. The van der Waals surface area contributed by atoms with Crippen LogP contribution in [0.15, 0.2) is 18.2 Å². The van der Waals surface area contributed by atoms with Crippen molar-refractivity contribution in [3.05, 3.63) is 23.9 Å². The summed E-state index contributed by atoms with van der Waals surface area (Å²) in [6.45, 7) is 4.19. The molecule has 0 spiro atoms. The molecule has 2 saturated carbocycles. The molecule has 27 heavy (non-hydrogen) atoms. The van der Waals surface area contributed by atoms with E-state index in [4.69, 9.17) is 9.47 Å². The van der Waals surface area contributed by atoms with Crippen LogP contribution in [0.1, 0.15) is 44.7 Å². The molecule has 6 nitrogen and oxygen atoms in total. The monoisotopic (exact) mass is 372 g/mol. The smallest absolute Gasteiger partial charge is 0.412 e. The molecule has 3 fully saturated rings. The van der Waals surface area contributed by atoms with Gasteiger partial charge in [0.2, 0.25) is 0 Å². The second-order valence-corrected chi connectivity index (χ2v) is 8.32. The second kappa shape index (κ2) is 7.49. The molecule has 4 rings (SSSR count). The summed E-state index contributed by atoms with van der Waals surface area (Å²) in [4.78, 5) is 28.9. The molecule has 1 aromatic rings.